The molecule has 4 rings (SSSR count). The van der Waals surface area contributed by atoms with Gasteiger partial charge in [-0.3, -0.25) is 45.1 Å². The number of nitrogens with two attached hydrogens (primary N) is 3. The van der Waals surface area contributed by atoms with Crippen molar-refractivity contribution in [2.45, 2.75) is 103 Å². The highest BCUT2D eigenvalue weighted by molar-refractivity contribution is 5.95. The molecule has 2 aromatic rings. The predicted molar refractivity (Wildman–Crippen MR) is 303 cm³/mol. The summed E-state index contributed by atoms with van der Waals surface area (Å²) in [4.78, 5) is 84.9. The second-order valence-corrected chi connectivity index (χ2v) is 19.9. The lowest BCUT2D eigenvalue weighted by Crippen LogP contribution is -2.59. The molecule has 0 saturated carbocycles. The molecule has 0 unspecified atom stereocenters. The van der Waals surface area contributed by atoms with Gasteiger partial charge in [0.25, 0.3) is 5.91 Å². The number of carbonyl (C=O) groups is 6. The third-order valence-corrected chi connectivity index (χ3v) is 13.1. The van der Waals surface area contributed by atoms with Gasteiger partial charge in [0.15, 0.2) is 24.5 Å². The van der Waals surface area contributed by atoms with Crippen LogP contribution in [0.2, 0.25) is 0 Å². The van der Waals surface area contributed by atoms with Crippen molar-refractivity contribution < 1.29 is 42.6 Å². The van der Waals surface area contributed by atoms with Crippen LogP contribution in [0.15, 0.2) is 72.8 Å². The molecule has 2 aromatic carbocycles. The molecular formula is C54H81FN16O8. The van der Waals surface area contributed by atoms with Crippen molar-refractivity contribution in [1.29, 1.82) is 16.2 Å². The van der Waals surface area contributed by atoms with Gasteiger partial charge in [0, 0.05) is 58.2 Å². The summed E-state index contributed by atoms with van der Waals surface area (Å²) in [6.45, 7) is 12.7. The Morgan fingerprint density at radius 2 is 1.37 bits per heavy atom. The molecule has 2 fully saturated rings. The molecule has 0 spiro atoms. The predicted octanol–water partition coefficient (Wildman–Crippen LogP) is 2.21. The summed E-state index contributed by atoms with van der Waals surface area (Å²) in [5.74, 6) is -3.80. The first-order valence-corrected chi connectivity index (χ1v) is 26.4. The molecule has 6 amide bonds. The number of rotatable bonds is 31. The number of cyclic esters (lactones) is 1. The van der Waals surface area contributed by atoms with Crippen LogP contribution in [0.1, 0.15) is 84.6 Å². The molecule has 79 heavy (non-hydrogen) atoms. The topological polar surface area (TPSA) is 364 Å². The van der Waals surface area contributed by atoms with E-state index >= 15 is 4.39 Å². The lowest BCUT2D eigenvalue weighted by atomic mass is 9.84. The number of amides is 6. The van der Waals surface area contributed by atoms with Crippen LogP contribution < -0.4 is 69.0 Å². The second kappa shape index (κ2) is 31.7. The summed E-state index contributed by atoms with van der Waals surface area (Å²) < 4.78 is 26.9. The number of nitrogens with one attached hydrogen (secondary N) is 10. The average molecular weight is 1100 g/mol. The maximum absolute atomic E-state index is 15.7. The van der Waals surface area contributed by atoms with Crippen LogP contribution in [0.25, 0.3) is 6.08 Å². The highest BCUT2D eigenvalue weighted by Gasteiger charge is 2.35. The number of piperazine rings is 1. The maximum Gasteiger partial charge on any atom is 0.414 e. The van der Waals surface area contributed by atoms with E-state index in [9.17, 15) is 28.8 Å². The van der Waals surface area contributed by atoms with E-state index in [1.54, 1.807) is 34.1 Å². The Labute approximate surface area is 461 Å². The van der Waals surface area contributed by atoms with Crippen LogP contribution in [0.4, 0.5) is 20.6 Å². The fraction of sp³-hybridized carbons (Fsp3) is 0.500. The van der Waals surface area contributed by atoms with Gasteiger partial charge in [-0.05, 0) is 101 Å². The Kier molecular flexibility index (Phi) is 25.4. The summed E-state index contributed by atoms with van der Waals surface area (Å²) in [5.41, 5.74) is 19.0. The van der Waals surface area contributed by atoms with Gasteiger partial charge in [-0.2, -0.15) is 0 Å². The van der Waals surface area contributed by atoms with Gasteiger partial charge in [-0.15, -0.1) is 6.58 Å². The highest BCUT2D eigenvalue weighted by atomic mass is 19.1. The largest absolute Gasteiger partial charge is 0.484 e. The Hall–Kier alpha value is -8.38. The van der Waals surface area contributed by atoms with Crippen LogP contribution in [0.3, 0.4) is 0 Å². The van der Waals surface area contributed by atoms with Crippen molar-refractivity contribution in [3.8, 4) is 5.75 Å². The molecule has 2 heterocycles. The molecular weight excluding hydrogens is 1020 g/mol. The molecule has 24 nitrogen and oxygen atoms in total. The van der Waals surface area contributed by atoms with Gasteiger partial charge in [0.1, 0.15) is 35.8 Å². The zero-order valence-electron chi connectivity index (χ0n) is 45.8. The molecule has 432 valence electrons. The number of hydrogen-bond donors (Lipinski definition) is 13. The van der Waals surface area contributed by atoms with E-state index in [0.717, 1.165) is 18.4 Å². The number of carbonyl (C=O) groups excluding carboxylic acids is 6. The Bertz CT molecular complexity index is 2520. The minimum Gasteiger partial charge on any atom is -0.484 e. The maximum atomic E-state index is 15.7. The van der Waals surface area contributed by atoms with Crippen LogP contribution in [0.5, 0.6) is 5.75 Å². The Morgan fingerprint density at radius 1 is 0.810 bits per heavy atom. The van der Waals surface area contributed by atoms with Crippen molar-refractivity contribution in [3.63, 3.8) is 0 Å². The number of nitrogens with zero attached hydrogens (tertiary/aromatic N) is 3. The summed E-state index contributed by atoms with van der Waals surface area (Å²) in [6, 6.07) is 7.99. The first-order chi connectivity index (χ1) is 37.6. The Balaban J connectivity index is 1.45. The van der Waals surface area contributed by atoms with E-state index in [4.69, 9.17) is 42.9 Å². The van der Waals surface area contributed by atoms with Crippen molar-refractivity contribution >= 4 is 71.0 Å². The number of anilines is 2. The normalized spacial score (nSPS) is 16.0. The lowest BCUT2D eigenvalue weighted by Gasteiger charge is -2.38. The molecule has 2 aliphatic heterocycles. The molecule has 16 N–H and O–H groups in total. The number of benzene rings is 2. The van der Waals surface area contributed by atoms with E-state index in [2.05, 4.69) is 76.7 Å². The second-order valence-electron chi connectivity index (χ2n) is 19.9. The average Bonchev–Trinajstić information content (AvgIpc) is 3.80. The molecule has 0 aliphatic carbocycles. The molecule has 0 radical (unpaired) electrons. The van der Waals surface area contributed by atoms with Crippen molar-refractivity contribution in [3.05, 3.63) is 84.2 Å². The van der Waals surface area contributed by atoms with Gasteiger partial charge in [0.2, 0.25) is 23.6 Å². The number of guanidine groups is 3. The van der Waals surface area contributed by atoms with Crippen LogP contribution in [-0.4, -0.2) is 148 Å². The third-order valence-electron chi connectivity index (χ3n) is 13.1. The monoisotopic (exact) mass is 1100 g/mol. The standard InChI is InChI=1S/C54H81FN16O8/c1-6-54(5,22-7-11-35(2)3)23-21-37-15-18-39(19-16-37)78-34-46(73)66-42(12-8-24-62-50(56)57)47(74)67-43(13-9-25-63-51(58)59)48(75)68-44(14-10-26-64-52(60)61)49(76)70-29-27-69(28-30-70)45-20-17-38(31-41(45)55)71-33-40(79-53(71)77)32-65-36(4)72/h6,11,15-21,23,31,40,42-44H,1,7-10,12-14,22,24-30,32-34H2,2-5H3,(H,65,72)(H,66,73)(H,67,74)(H,68,75)(H4,56,57,62)(H4,58,59,63)(H4,60,61,64)/b23-21+/t40-,42-,43-,44-,54-/m0/s1. The first-order valence-electron chi connectivity index (χ1n) is 26.4. The van der Waals surface area contributed by atoms with E-state index in [-0.39, 0.29) is 132 Å². The summed E-state index contributed by atoms with van der Waals surface area (Å²) in [7, 11) is 0. The molecule has 0 aromatic heterocycles. The number of hydrogen-bond acceptors (Lipinski definition) is 12. The zero-order chi connectivity index (χ0) is 58.1. The zero-order valence-corrected chi connectivity index (χ0v) is 45.8. The van der Waals surface area contributed by atoms with Crippen LogP contribution >= 0.6 is 0 Å². The fourth-order valence-corrected chi connectivity index (χ4v) is 8.60. The molecule has 2 aliphatic rings. The number of allylic oxidation sites excluding steroid dienone is 4. The van der Waals surface area contributed by atoms with E-state index in [0.29, 0.717) is 12.2 Å². The van der Waals surface area contributed by atoms with Gasteiger partial charge in [-0.25, -0.2) is 9.18 Å². The SMILES string of the molecule is C=C[C@](C)(/C=C/c1ccc(OCC(=O)N[C@@H](CCCNC(=N)N)C(=O)N[C@@H](CCCNC(=N)N)C(=O)N[C@@H](CCCNC(=N)N)C(=O)N2CCN(c3ccc(N4C[C@H](CNC(C)=O)OC4=O)cc3F)CC2)cc1)CCC=C(C)C. The fourth-order valence-electron chi connectivity index (χ4n) is 8.60. The van der Waals surface area contributed by atoms with Gasteiger partial charge in [-0.1, -0.05) is 48.9 Å². The van der Waals surface area contributed by atoms with Crippen LogP contribution in [0, 0.1) is 27.5 Å². The number of ether oxygens (including phenoxy) is 2. The minimum absolute atomic E-state index is 0.0217. The smallest absolute Gasteiger partial charge is 0.414 e. The van der Waals surface area contributed by atoms with Crippen molar-refractivity contribution in [2.24, 2.45) is 22.6 Å². The summed E-state index contributed by atoms with van der Waals surface area (Å²) in [6.07, 6.45) is 9.80. The van der Waals surface area contributed by atoms with E-state index in [1.807, 2.05) is 24.3 Å². The van der Waals surface area contributed by atoms with Gasteiger partial charge >= 0.3 is 6.09 Å². The van der Waals surface area contributed by atoms with E-state index in [1.165, 1.54) is 23.5 Å². The third kappa shape index (κ3) is 22.2. The van der Waals surface area contributed by atoms with Crippen LogP contribution in [-0.2, 0) is 28.7 Å². The molecule has 0 bridgehead atoms. The highest BCUT2D eigenvalue weighted by Crippen LogP contribution is 2.30. The van der Waals surface area contributed by atoms with Gasteiger partial charge < -0.3 is 73.7 Å². The summed E-state index contributed by atoms with van der Waals surface area (Å²) in [5, 5.41) is 41.7. The minimum atomic E-state index is -1.25. The van der Waals surface area contributed by atoms with Crippen molar-refractivity contribution in [1.82, 2.24) is 42.1 Å². The quantitative estimate of drug-likeness (QED) is 0.0223. The lowest BCUT2D eigenvalue weighted by molar-refractivity contribution is -0.138. The molecule has 5 atom stereocenters. The van der Waals surface area contributed by atoms with Crippen molar-refractivity contribution in [2.75, 3.05) is 75.3 Å². The van der Waals surface area contributed by atoms with Gasteiger partial charge in [0.05, 0.1) is 24.5 Å². The number of halogens is 1. The Morgan fingerprint density at radius 3 is 1.90 bits per heavy atom. The van der Waals surface area contributed by atoms with E-state index < -0.39 is 66.4 Å². The molecule has 2 saturated heterocycles. The first kappa shape index (κ1) is 63.2. The summed E-state index contributed by atoms with van der Waals surface area (Å²) >= 11 is 0. The molecule has 25 heteroatoms.